The summed E-state index contributed by atoms with van der Waals surface area (Å²) < 4.78 is 16.1. The van der Waals surface area contributed by atoms with Gasteiger partial charge in [-0.2, -0.15) is 0 Å². The maximum absolute atomic E-state index is 7.47. The number of aromatic nitrogens is 1. The molecule has 0 radical (unpaired) electrons. The van der Waals surface area contributed by atoms with Gasteiger partial charge >= 0.3 is 0 Å². The van der Waals surface area contributed by atoms with Crippen LogP contribution in [-0.2, 0) is 11.3 Å². The minimum Gasteiger partial charge on any atom is -0.493 e. The topological polar surface area (TPSA) is 93.7 Å². The maximum atomic E-state index is 7.47. The van der Waals surface area contributed by atoms with Crippen LogP contribution in [0.3, 0.4) is 0 Å². The van der Waals surface area contributed by atoms with Gasteiger partial charge in [0.15, 0.2) is 11.5 Å². The first-order valence-electron chi connectivity index (χ1n) is 6.39. The van der Waals surface area contributed by atoms with E-state index in [1.807, 2.05) is 0 Å². The van der Waals surface area contributed by atoms with E-state index < -0.39 is 0 Å². The molecule has 0 spiro atoms. The second-order valence-corrected chi connectivity index (χ2v) is 4.54. The number of ether oxygens (including phenoxy) is 3. The molecule has 20 heavy (non-hydrogen) atoms. The van der Waals surface area contributed by atoms with Crippen LogP contribution in [0.4, 0.5) is 0 Å². The Bertz CT molecular complexity index is 481. The zero-order valence-corrected chi connectivity index (χ0v) is 11.8. The number of nitrogens with zero attached hydrogens (tertiary/aromatic N) is 2. The Hall–Kier alpha value is -1.86. The van der Waals surface area contributed by atoms with Crippen molar-refractivity contribution in [3.8, 4) is 11.5 Å². The molecule has 1 aliphatic rings. The molecule has 1 unspecified atom stereocenters. The molecule has 1 atom stereocenters. The van der Waals surface area contributed by atoms with E-state index in [-0.39, 0.29) is 11.9 Å². The highest BCUT2D eigenvalue weighted by molar-refractivity contribution is 5.82. The van der Waals surface area contributed by atoms with Gasteiger partial charge in [-0.3, -0.25) is 15.3 Å². The van der Waals surface area contributed by atoms with Crippen LogP contribution in [0.25, 0.3) is 0 Å². The lowest BCUT2D eigenvalue weighted by Gasteiger charge is -2.32. The molecule has 0 bridgehead atoms. The molecular formula is C13H20N4O3. The van der Waals surface area contributed by atoms with Crippen molar-refractivity contribution in [1.82, 2.24) is 9.88 Å². The molecule has 0 amide bonds. The average Bonchev–Trinajstić information content (AvgIpc) is 2.47. The number of methoxy groups -OCH3 is 2. The predicted octanol–water partition coefficient (Wildman–Crippen LogP) is 0.236. The summed E-state index contributed by atoms with van der Waals surface area (Å²) in [6.45, 7) is 2.51. The highest BCUT2D eigenvalue weighted by Crippen LogP contribution is 2.30. The first kappa shape index (κ1) is 14.5. The van der Waals surface area contributed by atoms with Crippen molar-refractivity contribution in [2.45, 2.75) is 12.6 Å². The van der Waals surface area contributed by atoms with Crippen molar-refractivity contribution in [3.63, 3.8) is 0 Å². The number of amidine groups is 1. The first-order valence-corrected chi connectivity index (χ1v) is 6.39. The Morgan fingerprint density at radius 1 is 1.55 bits per heavy atom. The van der Waals surface area contributed by atoms with Gasteiger partial charge in [0.05, 0.1) is 20.8 Å². The van der Waals surface area contributed by atoms with Gasteiger partial charge < -0.3 is 19.9 Å². The average molecular weight is 280 g/mol. The van der Waals surface area contributed by atoms with Gasteiger partial charge in [0.1, 0.15) is 17.6 Å². The number of nitrogens with one attached hydrogen (secondary N) is 1. The summed E-state index contributed by atoms with van der Waals surface area (Å²) in [5, 5.41) is 7.47. The Kier molecular flexibility index (Phi) is 4.75. The van der Waals surface area contributed by atoms with Gasteiger partial charge in [0.25, 0.3) is 0 Å². The highest BCUT2D eigenvalue weighted by Gasteiger charge is 2.24. The van der Waals surface area contributed by atoms with Crippen LogP contribution in [0.5, 0.6) is 11.5 Å². The molecule has 0 aromatic carbocycles. The molecule has 1 saturated heterocycles. The van der Waals surface area contributed by atoms with Crippen LogP contribution in [0.15, 0.2) is 12.3 Å². The van der Waals surface area contributed by atoms with Crippen molar-refractivity contribution in [2.75, 3.05) is 33.9 Å². The van der Waals surface area contributed by atoms with E-state index in [0.29, 0.717) is 31.2 Å². The monoisotopic (exact) mass is 280 g/mol. The molecule has 7 nitrogen and oxygen atoms in total. The van der Waals surface area contributed by atoms with E-state index >= 15 is 0 Å². The van der Waals surface area contributed by atoms with E-state index in [1.54, 1.807) is 26.5 Å². The molecule has 1 aromatic rings. The van der Waals surface area contributed by atoms with E-state index in [1.165, 1.54) is 0 Å². The number of nitrogens with two attached hydrogens (primary N) is 1. The number of pyridine rings is 1. The minimum atomic E-state index is -0.347. The van der Waals surface area contributed by atoms with Crippen LogP contribution in [-0.4, -0.2) is 55.7 Å². The zero-order chi connectivity index (χ0) is 14.5. The van der Waals surface area contributed by atoms with Crippen LogP contribution >= 0.6 is 0 Å². The Balaban J connectivity index is 2.11. The normalized spacial score (nSPS) is 19.6. The lowest BCUT2D eigenvalue weighted by molar-refractivity contribution is 0.00163. The van der Waals surface area contributed by atoms with E-state index in [4.69, 9.17) is 25.4 Å². The molecule has 1 aromatic heterocycles. The quantitative estimate of drug-likeness (QED) is 0.592. The van der Waals surface area contributed by atoms with Gasteiger partial charge in [0.2, 0.25) is 0 Å². The maximum Gasteiger partial charge on any atom is 0.183 e. The number of morpholine rings is 1. The summed E-state index contributed by atoms with van der Waals surface area (Å²) in [4.78, 5) is 6.49. The molecule has 3 N–H and O–H groups in total. The van der Waals surface area contributed by atoms with Crippen molar-refractivity contribution in [3.05, 3.63) is 18.0 Å². The number of rotatable bonds is 5. The van der Waals surface area contributed by atoms with Crippen molar-refractivity contribution in [1.29, 1.82) is 5.41 Å². The molecule has 7 heteroatoms. The fourth-order valence-corrected chi connectivity index (χ4v) is 2.21. The largest absolute Gasteiger partial charge is 0.493 e. The molecule has 110 valence electrons. The van der Waals surface area contributed by atoms with E-state index in [9.17, 15) is 0 Å². The molecular weight excluding hydrogens is 260 g/mol. The molecule has 1 aliphatic heterocycles. The summed E-state index contributed by atoms with van der Waals surface area (Å²) >= 11 is 0. The SMILES string of the molecule is COc1ccnc(CN2CCOC(C(=N)N)C2)c1OC. The van der Waals surface area contributed by atoms with Gasteiger partial charge in [0, 0.05) is 31.9 Å². The second-order valence-electron chi connectivity index (χ2n) is 4.54. The third kappa shape index (κ3) is 3.17. The Morgan fingerprint density at radius 2 is 2.35 bits per heavy atom. The summed E-state index contributed by atoms with van der Waals surface area (Å²) in [6, 6.07) is 1.76. The highest BCUT2D eigenvalue weighted by atomic mass is 16.5. The van der Waals surface area contributed by atoms with Gasteiger partial charge in [-0.05, 0) is 0 Å². The summed E-state index contributed by atoms with van der Waals surface area (Å²) in [6.07, 6.45) is 1.35. The summed E-state index contributed by atoms with van der Waals surface area (Å²) in [5.41, 5.74) is 6.30. The molecule has 1 fully saturated rings. The van der Waals surface area contributed by atoms with E-state index in [0.717, 1.165) is 12.2 Å². The van der Waals surface area contributed by atoms with Crippen molar-refractivity contribution >= 4 is 5.84 Å². The Labute approximate surface area is 118 Å². The Morgan fingerprint density at radius 3 is 3.00 bits per heavy atom. The standard InChI is InChI=1S/C13H20N4O3/c1-18-10-3-4-16-9(12(10)19-2)7-17-5-6-20-11(8-17)13(14)15/h3-4,11H,5-8H2,1-2H3,(H3,14,15). The smallest absolute Gasteiger partial charge is 0.183 e. The molecule has 2 rings (SSSR count). The van der Waals surface area contributed by atoms with Gasteiger partial charge in [-0.1, -0.05) is 0 Å². The molecule has 0 aliphatic carbocycles. The van der Waals surface area contributed by atoms with Crippen LogP contribution in [0.2, 0.25) is 0 Å². The fraction of sp³-hybridized carbons (Fsp3) is 0.538. The van der Waals surface area contributed by atoms with Crippen LogP contribution in [0, 0.1) is 5.41 Å². The lowest BCUT2D eigenvalue weighted by atomic mass is 10.2. The van der Waals surface area contributed by atoms with Gasteiger partial charge in [-0.25, -0.2) is 0 Å². The third-order valence-electron chi connectivity index (χ3n) is 3.24. The predicted molar refractivity (Wildman–Crippen MR) is 74.3 cm³/mol. The molecule has 0 saturated carbocycles. The van der Waals surface area contributed by atoms with Crippen LogP contribution in [0.1, 0.15) is 5.69 Å². The fourth-order valence-electron chi connectivity index (χ4n) is 2.21. The zero-order valence-electron chi connectivity index (χ0n) is 11.8. The molecule has 2 heterocycles. The van der Waals surface area contributed by atoms with Crippen molar-refractivity contribution in [2.24, 2.45) is 5.73 Å². The van der Waals surface area contributed by atoms with Gasteiger partial charge in [-0.15, -0.1) is 0 Å². The summed E-state index contributed by atoms with van der Waals surface area (Å²) in [7, 11) is 3.20. The summed E-state index contributed by atoms with van der Waals surface area (Å²) in [5.74, 6) is 1.36. The number of hydrogen-bond acceptors (Lipinski definition) is 6. The minimum absolute atomic E-state index is 0.0558. The van der Waals surface area contributed by atoms with Crippen molar-refractivity contribution < 1.29 is 14.2 Å². The van der Waals surface area contributed by atoms with E-state index in [2.05, 4.69) is 9.88 Å². The van der Waals surface area contributed by atoms with Crippen LogP contribution < -0.4 is 15.2 Å². The first-order chi connectivity index (χ1) is 9.65. The number of hydrogen-bond donors (Lipinski definition) is 2. The second kappa shape index (κ2) is 6.53. The lowest BCUT2D eigenvalue weighted by Crippen LogP contribution is -2.47. The third-order valence-corrected chi connectivity index (χ3v) is 3.24.